The van der Waals surface area contributed by atoms with Gasteiger partial charge in [-0.15, -0.1) is 0 Å². The van der Waals surface area contributed by atoms with Crippen LogP contribution in [0.25, 0.3) is 0 Å². The van der Waals surface area contributed by atoms with E-state index in [1.807, 2.05) is 0 Å². The molecule has 18 heteroatoms. The second-order valence-electron chi connectivity index (χ2n) is 6.44. The third kappa shape index (κ3) is 11.0. The molecule has 15 nitrogen and oxygen atoms in total. The highest BCUT2D eigenvalue weighted by molar-refractivity contribution is 7.72. The number of esters is 2. The number of nitrogens with one attached hydrogen (secondary N) is 1. The summed E-state index contributed by atoms with van der Waals surface area (Å²) < 4.78 is 54.8. The van der Waals surface area contributed by atoms with E-state index in [1.54, 1.807) is 13.8 Å². The van der Waals surface area contributed by atoms with Crippen LogP contribution < -0.4 is 5.32 Å². The molecule has 0 heterocycles. The minimum atomic E-state index is -5.61. The van der Waals surface area contributed by atoms with Gasteiger partial charge in [-0.3, -0.25) is 23.3 Å². The maximum atomic E-state index is 12.3. The van der Waals surface area contributed by atoms with Crippen LogP contribution in [0.3, 0.4) is 0 Å². The van der Waals surface area contributed by atoms with Crippen LogP contribution in [0.1, 0.15) is 26.7 Å². The van der Waals surface area contributed by atoms with Gasteiger partial charge < -0.3 is 48.5 Å². The predicted octanol–water partition coefficient (Wildman–Crippen LogP) is -0.291. The molecule has 0 aromatic carbocycles. The Bertz CT molecular complexity index is 740. The third-order valence-corrected chi connectivity index (χ3v) is 8.72. The summed E-state index contributed by atoms with van der Waals surface area (Å²) in [4.78, 5) is 58.8. The van der Waals surface area contributed by atoms with Gasteiger partial charge in [-0.1, -0.05) is 13.8 Å². The van der Waals surface area contributed by atoms with Crippen molar-refractivity contribution in [3.63, 3.8) is 0 Å². The Hall–Kier alpha value is -0.690. The zero-order valence-electron chi connectivity index (χ0n) is 17.8. The zero-order valence-corrected chi connectivity index (χ0v) is 20.5. The van der Waals surface area contributed by atoms with Gasteiger partial charge in [0.1, 0.15) is 6.61 Å². The van der Waals surface area contributed by atoms with E-state index in [2.05, 4.69) is 5.32 Å². The smallest absolute Gasteiger partial charge is 0.370 e. The first-order valence-electron chi connectivity index (χ1n) is 9.25. The number of carbonyl (C=O) groups excluding carboxylic acids is 2. The standard InChI is InChI=1S/C14H30NO14P3/c1-4-12(16)26-8-11(29-13(17)5-2)9-28-30(3,19)27-7-6-15-10-14(18,31(20,21)22)32(23,24)25/h11,15,18H,4-10H2,1-3H3,(H2,20,21,22)(H2,23,24,25). The SMILES string of the molecule is CCC(=O)OCC(COP(C)(=O)OCCNCC(O)(P(=O)(O)O)P(=O)(O)O)OC(=O)CC. The average molecular weight is 529 g/mol. The van der Waals surface area contributed by atoms with E-state index in [0.29, 0.717) is 0 Å². The number of hydrogen-bond acceptors (Lipinski definition) is 11. The number of hydrogen-bond donors (Lipinski definition) is 6. The topological polar surface area (TPSA) is 235 Å². The molecule has 0 aliphatic heterocycles. The maximum absolute atomic E-state index is 12.3. The quantitative estimate of drug-likeness (QED) is 0.0856. The van der Waals surface area contributed by atoms with Crippen molar-refractivity contribution in [2.24, 2.45) is 0 Å². The average Bonchev–Trinajstić information content (AvgIpc) is 2.67. The summed E-state index contributed by atoms with van der Waals surface area (Å²) in [6, 6.07) is 0. The van der Waals surface area contributed by atoms with E-state index in [4.69, 9.17) is 38.1 Å². The van der Waals surface area contributed by atoms with E-state index >= 15 is 0 Å². The molecule has 0 spiro atoms. The van der Waals surface area contributed by atoms with Crippen molar-refractivity contribution >= 4 is 34.7 Å². The molecule has 0 fully saturated rings. The Kier molecular flexibility index (Phi) is 13.0. The molecule has 0 saturated heterocycles. The second-order valence-corrected chi connectivity index (χ2v) is 12.5. The maximum Gasteiger partial charge on any atom is 0.370 e. The van der Waals surface area contributed by atoms with E-state index in [-0.39, 0.29) is 26.0 Å². The van der Waals surface area contributed by atoms with Gasteiger partial charge in [0.15, 0.2) is 6.10 Å². The van der Waals surface area contributed by atoms with Gasteiger partial charge in [-0.25, -0.2) is 0 Å². The van der Waals surface area contributed by atoms with Crippen LogP contribution in [0, 0.1) is 0 Å². The number of carbonyl (C=O) groups is 2. The first kappa shape index (κ1) is 31.3. The van der Waals surface area contributed by atoms with Crippen LogP contribution in [-0.4, -0.2) is 87.4 Å². The fourth-order valence-corrected chi connectivity index (χ4v) is 4.77. The van der Waals surface area contributed by atoms with Crippen LogP contribution in [0.2, 0.25) is 0 Å². The highest BCUT2D eigenvalue weighted by Crippen LogP contribution is 2.66. The van der Waals surface area contributed by atoms with Gasteiger partial charge in [-0.05, 0) is 0 Å². The zero-order chi connectivity index (χ0) is 25.2. The highest BCUT2D eigenvalue weighted by atomic mass is 31.2. The van der Waals surface area contributed by atoms with Crippen LogP contribution in [0.5, 0.6) is 0 Å². The number of rotatable bonds is 16. The molecule has 6 N–H and O–H groups in total. The molecular weight excluding hydrogens is 499 g/mol. The lowest BCUT2D eigenvalue weighted by Gasteiger charge is -2.29. The monoisotopic (exact) mass is 529 g/mol. The summed E-state index contributed by atoms with van der Waals surface area (Å²) in [6.45, 7) is 1.50. The largest absolute Gasteiger partial charge is 0.462 e. The normalized spacial score (nSPS) is 15.6. The van der Waals surface area contributed by atoms with Gasteiger partial charge >= 0.3 is 34.7 Å². The summed E-state index contributed by atoms with van der Waals surface area (Å²) in [5, 5.41) is 8.25. The highest BCUT2D eigenvalue weighted by Gasteiger charge is 2.59. The summed E-state index contributed by atoms with van der Waals surface area (Å²) in [6.07, 6.45) is -0.911. The van der Waals surface area contributed by atoms with Crippen LogP contribution in [0.15, 0.2) is 0 Å². The first-order chi connectivity index (χ1) is 14.5. The Morgan fingerprint density at radius 2 is 1.47 bits per heavy atom. The Morgan fingerprint density at radius 1 is 0.938 bits per heavy atom. The van der Waals surface area contributed by atoms with Crippen molar-refractivity contribution < 1.29 is 66.5 Å². The molecule has 0 aromatic rings. The molecule has 0 radical (unpaired) electrons. The minimum Gasteiger partial charge on any atom is -0.462 e. The van der Waals surface area contributed by atoms with Gasteiger partial charge in [0, 0.05) is 32.6 Å². The predicted molar refractivity (Wildman–Crippen MR) is 109 cm³/mol. The van der Waals surface area contributed by atoms with E-state index in [9.17, 15) is 28.4 Å². The lowest BCUT2D eigenvalue weighted by atomic mass is 10.4. The molecular formula is C14H30NO14P3. The fourth-order valence-electron chi connectivity index (χ4n) is 1.84. The first-order valence-corrected chi connectivity index (χ1v) is 14.5. The summed E-state index contributed by atoms with van der Waals surface area (Å²) >= 11 is 0. The molecule has 0 aliphatic carbocycles. The summed E-state index contributed by atoms with van der Waals surface area (Å²) in [5.41, 5.74) is 0. The number of aliphatic hydroxyl groups is 1. The molecule has 2 unspecified atom stereocenters. The van der Waals surface area contributed by atoms with Crippen molar-refractivity contribution in [3.8, 4) is 0 Å². The van der Waals surface area contributed by atoms with Crippen LogP contribution >= 0.6 is 22.8 Å². The Morgan fingerprint density at radius 3 is 1.94 bits per heavy atom. The van der Waals surface area contributed by atoms with E-state index < -0.39 is 65.7 Å². The molecule has 0 aliphatic rings. The third-order valence-electron chi connectivity index (χ3n) is 3.70. The Labute approximate surface area is 184 Å². The van der Waals surface area contributed by atoms with Gasteiger partial charge in [0.2, 0.25) is 0 Å². The van der Waals surface area contributed by atoms with Crippen molar-refractivity contribution in [1.82, 2.24) is 5.32 Å². The van der Waals surface area contributed by atoms with Crippen molar-refractivity contribution in [2.45, 2.75) is 37.9 Å². The number of ether oxygens (including phenoxy) is 2. The molecule has 0 rings (SSSR count). The van der Waals surface area contributed by atoms with Gasteiger partial charge in [-0.2, -0.15) is 0 Å². The molecule has 0 aromatic heterocycles. The second kappa shape index (κ2) is 13.3. The molecule has 0 bridgehead atoms. The van der Waals surface area contributed by atoms with E-state index in [1.165, 1.54) is 0 Å². The van der Waals surface area contributed by atoms with Crippen molar-refractivity contribution in [3.05, 3.63) is 0 Å². The molecule has 2 atom stereocenters. The van der Waals surface area contributed by atoms with Gasteiger partial charge in [0.05, 0.1) is 13.2 Å². The minimum absolute atomic E-state index is 0.0414. The van der Waals surface area contributed by atoms with Crippen molar-refractivity contribution in [1.29, 1.82) is 0 Å². The molecule has 190 valence electrons. The van der Waals surface area contributed by atoms with E-state index in [0.717, 1.165) is 6.66 Å². The van der Waals surface area contributed by atoms with Crippen LogP contribution in [0.4, 0.5) is 0 Å². The fraction of sp³-hybridized carbons (Fsp3) is 0.857. The molecule has 0 saturated carbocycles. The van der Waals surface area contributed by atoms with Crippen LogP contribution in [-0.2, 0) is 41.8 Å². The molecule has 32 heavy (non-hydrogen) atoms. The lowest BCUT2D eigenvalue weighted by Crippen LogP contribution is -2.41. The summed E-state index contributed by atoms with van der Waals surface area (Å²) in [7, 11) is -15.0. The summed E-state index contributed by atoms with van der Waals surface area (Å²) in [5.74, 6) is -1.15. The molecule has 0 amide bonds. The Balaban J connectivity index is 4.68. The van der Waals surface area contributed by atoms with Crippen molar-refractivity contribution in [2.75, 3.05) is 39.6 Å². The van der Waals surface area contributed by atoms with Gasteiger partial charge in [0.25, 0.3) is 5.08 Å². The lowest BCUT2D eigenvalue weighted by molar-refractivity contribution is -0.160.